The van der Waals surface area contributed by atoms with E-state index < -0.39 is 33.0 Å². The van der Waals surface area contributed by atoms with Crippen molar-refractivity contribution < 1.29 is 22.0 Å². The van der Waals surface area contributed by atoms with Crippen LogP contribution in [0, 0.1) is 11.6 Å². The molecule has 1 saturated heterocycles. The maximum atomic E-state index is 14.1. The molecule has 0 bridgehead atoms. The first-order chi connectivity index (χ1) is 18.6. The smallest absolute Gasteiger partial charge is 0.244 e. The van der Waals surface area contributed by atoms with Crippen molar-refractivity contribution in [2.24, 2.45) is 0 Å². The number of benzene rings is 1. The van der Waals surface area contributed by atoms with Crippen LogP contribution in [0.15, 0.2) is 46.5 Å². The van der Waals surface area contributed by atoms with E-state index in [1.807, 2.05) is 14.1 Å². The number of nitrogens with two attached hydrogens (primary N) is 1. The highest BCUT2D eigenvalue weighted by Crippen LogP contribution is 2.31. The first-order valence-corrected chi connectivity index (χ1v) is 15.6. The molecule has 0 aliphatic carbocycles. The molecular weight excluding hydrogens is 637 g/mol. The Balaban J connectivity index is 0.00000294. The molecule has 0 radical (unpaired) electrons. The molecule has 0 atom stereocenters. The molecule has 0 saturated carbocycles. The molecule has 226 valence electrons. The van der Waals surface area contributed by atoms with Gasteiger partial charge < -0.3 is 16.0 Å². The minimum absolute atomic E-state index is 0. The van der Waals surface area contributed by atoms with E-state index in [4.69, 9.17) is 5.73 Å². The molecule has 3 N–H and O–H groups in total. The quantitative estimate of drug-likeness (QED) is 0.169. The number of halogens is 4. The second kappa shape index (κ2) is 15.4. The highest BCUT2D eigenvalue weighted by atomic mass is 35.5. The van der Waals surface area contributed by atoms with Gasteiger partial charge in [-0.25, -0.2) is 27.2 Å². The zero-order valence-corrected chi connectivity index (χ0v) is 26.5. The van der Waals surface area contributed by atoms with E-state index in [-0.39, 0.29) is 59.5 Å². The summed E-state index contributed by atoms with van der Waals surface area (Å²) in [6.45, 7) is 1.55. The average molecular weight is 670 g/mol. The Labute approximate surface area is 259 Å². The second-order valence-electron chi connectivity index (χ2n) is 9.32. The summed E-state index contributed by atoms with van der Waals surface area (Å²) in [5.41, 5.74) is 5.20. The third kappa shape index (κ3) is 8.72. The van der Waals surface area contributed by atoms with E-state index in [1.54, 1.807) is 23.9 Å². The van der Waals surface area contributed by atoms with Gasteiger partial charge in [0.25, 0.3) is 0 Å². The normalized spacial score (nSPS) is 14.4. The minimum Gasteiger partial charge on any atom is -0.382 e. The lowest BCUT2D eigenvalue weighted by Crippen LogP contribution is -2.42. The van der Waals surface area contributed by atoms with Gasteiger partial charge in [0, 0.05) is 31.1 Å². The summed E-state index contributed by atoms with van der Waals surface area (Å²) in [4.78, 5) is 23.4. The van der Waals surface area contributed by atoms with E-state index in [9.17, 15) is 22.0 Å². The van der Waals surface area contributed by atoms with Crippen molar-refractivity contribution in [3.63, 3.8) is 0 Å². The summed E-state index contributed by atoms with van der Waals surface area (Å²) < 4.78 is 55.8. The Hall–Kier alpha value is -2.07. The van der Waals surface area contributed by atoms with Gasteiger partial charge in [0.15, 0.2) is 5.13 Å². The Morgan fingerprint density at radius 3 is 2.41 bits per heavy atom. The summed E-state index contributed by atoms with van der Waals surface area (Å²) in [5.74, 6) is -2.04. The van der Waals surface area contributed by atoms with Crippen LogP contribution < -0.4 is 11.1 Å². The van der Waals surface area contributed by atoms with Gasteiger partial charge in [0.05, 0.1) is 10.6 Å². The molecule has 16 heteroatoms. The molecule has 9 nitrogen and oxygen atoms in total. The third-order valence-electron chi connectivity index (χ3n) is 6.18. The lowest BCUT2D eigenvalue weighted by atomic mass is 10.1. The number of carbonyl (C=O) groups is 1. The molecule has 2 aromatic heterocycles. The summed E-state index contributed by atoms with van der Waals surface area (Å²) in [6, 6.07) is 6.40. The number of pyridine rings is 1. The third-order valence-corrected chi connectivity index (χ3v) is 10.1. The van der Waals surface area contributed by atoms with Crippen LogP contribution in [-0.2, 0) is 10.0 Å². The standard InChI is InChI=1S/C25H30F2N6O3S3.2ClH/c1-32(2)11-4-14-37-20-8-7-17(15-29-20)39(35,36)33-12-9-16(10-13-33)30-25-31-24(28)23(38-25)22(34)21-18(26)5-3-6-19(21)27;;/h3,5-8,15-16H,4,9-14,28H2,1-2H3,(H,30,31);2*1H. The molecule has 1 aliphatic heterocycles. The Bertz CT molecular complexity index is 1400. The van der Waals surface area contributed by atoms with Gasteiger partial charge in [0.2, 0.25) is 15.8 Å². The van der Waals surface area contributed by atoms with E-state index in [1.165, 1.54) is 16.6 Å². The number of hydrogen-bond donors (Lipinski definition) is 2. The number of nitrogen functional groups attached to an aromatic ring is 1. The molecule has 1 fully saturated rings. The van der Waals surface area contributed by atoms with Crippen LogP contribution in [0.1, 0.15) is 34.5 Å². The van der Waals surface area contributed by atoms with Gasteiger partial charge in [-0.3, -0.25) is 4.79 Å². The first kappa shape index (κ1) is 35.1. The van der Waals surface area contributed by atoms with E-state index in [2.05, 4.69) is 20.2 Å². The fourth-order valence-electron chi connectivity index (χ4n) is 4.11. The van der Waals surface area contributed by atoms with Crippen LogP contribution in [0.4, 0.5) is 19.7 Å². The molecule has 0 unspecified atom stereocenters. The van der Waals surface area contributed by atoms with E-state index in [0.29, 0.717) is 18.0 Å². The predicted molar refractivity (Wildman–Crippen MR) is 164 cm³/mol. The first-order valence-electron chi connectivity index (χ1n) is 12.3. The number of piperidine rings is 1. The van der Waals surface area contributed by atoms with E-state index >= 15 is 0 Å². The Morgan fingerprint density at radius 2 is 1.83 bits per heavy atom. The molecule has 41 heavy (non-hydrogen) atoms. The summed E-state index contributed by atoms with van der Waals surface area (Å²) in [6.07, 6.45) is 3.41. The van der Waals surface area contributed by atoms with Crippen molar-refractivity contribution in [3.8, 4) is 0 Å². The second-order valence-corrected chi connectivity index (χ2v) is 13.4. The fraction of sp³-hybridized carbons (Fsp3) is 0.400. The van der Waals surface area contributed by atoms with Crippen molar-refractivity contribution >= 4 is 74.7 Å². The van der Waals surface area contributed by atoms with Crippen LogP contribution in [0.5, 0.6) is 0 Å². The molecule has 3 heterocycles. The molecule has 0 spiro atoms. The topological polar surface area (TPSA) is 122 Å². The zero-order valence-electron chi connectivity index (χ0n) is 22.4. The Morgan fingerprint density at radius 1 is 1.17 bits per heavy atom. The number of aromatic nitrogens is 2. The molecule has 1 aliphatic rings. The van der Waals surface area contributed by atoms with Crippen LogP contribution in [0.2, 0.25) is 0 Å². The maximum Gasteiger partial charge on any atom is 0.244 e. The summed E-state index contributed by atoms with van der Waals surface area (Å²) in [7, 11) is 0.358. The van der Waals surface area contributed by atoms with Gasteiger partial charge in [-0.1, -0.05) is 17.4 Å². The number of carbonyl (C=O) groups excluding carboxylic acids is 1. The zero-order chi connectivity index (χ0) is 28.2. The maximum absolute atomic E-state index is 14.1. The average Bonchev–Trinajstić information content (AvgIpc) is 3.26. The number of thiazole rings is 1. The largest absolute Gasteiger partial charge is 0.382 e. The molecular formula is C25H32Cl2F2N6O3S3. The molecule has 1 aromatic carbocycles. The molecule has 4 rings (SSSR count). The van der Waals surface area contributed by atoms with Crippen molar-refractivity contribution in [2.75, 3.05) is 50.5 Å². The monoisotopic (exact) mass is 668 g/mol. The van der Waals surface area contributed by atoms with E-state index in [0.717, 1.165) is 47.2 Å². The highest BCUT2D eigenvalue weighted by molar-refractivity contribution is 7.99. The fourth-order valence-corrected chi connectivity index (χ4v) is 7.21. The van der Waals surface area contributed by atoms with Crippen LogP contribution >= 0.6 is 47.9 Å². The van der Waals surface area contributed by atoms with Crippen molar-refractivity contribution in [2.45, 2.75) is 35.2 Å². The number of nitrogens with one attached hydrogen (secondary N) is 1. The van der Waals surface area contributed by atoms with Crippen molar-refractivity contribution in [3.05, 3.63) is 58.6 Å². The van der Waals surface area contributed by atoms with Crippen LogP contribution in [0.3, 0.4) is 0 Å². The lowest BCUT2D eigenvalue weighted by Gasteiger charge is -2.31. The minimum atomic E-state index is -3.69. The highest BCUT2D eigenvalue weighted by Gasteiger charge is 2.31. The SMILES string of the molecule is CN(C)CCCSc1ccc(S(=O)(=O)N2CCC(Nc3nc(N)c(C(=O)c4c(F)cccc4F)s3)CC2)cn1.Cl.Cl. The van der Waals surface area contributed by atoms with Gasteiger partial charge in [-0.05, 0) is 64.2 Å². The summed E-state index contributed by atoms with van der Waals surface area (Å²) >= 11 is 2.51. The summed E-state index contributed by atoms with van der Waals surface area (Å²) in [5, 5.41) is 4.29. The number of sulfonamides is 1. The van der Waals surface area contributed by atoms with Crippen molar-refractivity contribution in [1.29, 1.82) is 0 Å². The number of ketones is 1. The lowest BCUT2D eigenvalue weighted by molar-refractivity contribution is 0.103. The molecule has 3 aromatic rings. The van der Waals surface area contributed by atoms with Gasteiger partial charge in [-0.2, -0.15) is 4.31 Å². The number of hydrogen-bond acceptors (Lipinski definition) is 10. The predicted octanol–water partition coefficient (Wildman–Crippen LogP) is 4.78. The number of nitrogens with zero attached hydrogens (tertiary/aromatic N) is 4. The number of thioether (sulfide) groups is 1. The van der Waals surface area contributed by atoms with Crippen molar-refractivity contribution in [1.82, 2.24) is 19.2 Å². The van der Waals surface area contributed by atoms with Crippen LogP contribution in [0.25, 0.3) is 0 Å². The van der Waals surface area contributed by atoms with Gasteiger partial charge in [0.1, 0.15) is 27.2 Å². The molecule has 0 amide bonds. The Kier molecular flexibility index (Phi) is 13.2. The van der Waals surface area contributed by atoms with Crippen LogP contribution in [-0.4, -0.2) is 78.9 Å². The number of anilines is 2. The van der Waals surface area contributed by atoms with Gasteiger partial charge in [-0.15, -0.1) is 36.6 Å². The van der Waals surface area contributed by atoms with Gasteiger partial charge >= 0.3 is 0 Å². The number of rotatable bonds is 11.